The van der Waals surface area contributed by atoms with Crippen LogP contribution in [0.4, 0.5) is 0 Å². The first-order valence-electron chi connectivity index (χ1n) is 9.40. The number of aromatic amines is 1. The minimum Gasteiger partial charge on any atom is -0.481 e. The molecule has 4 heterocycles. The highest BCUT2D eigenvalue weighted by Gasteiger charge is 2.23. The fraction of sp³-hybridized carbons (Fsp3) is 0.526. The number of carbonyl (C=O) groups excluding carboxylic acids is 1. The molecule has 4 rings (SSSR count). The number of fused-ring (bicyclic) bond motifs is 1. The molecule has 0 unspecified atom stereocenters. The lowest BCUT2D eigenvalue weighted by atomic mass is 10.1. The van der Waals surface area contributed by atoms with Gasteiger partial charge in [0.1, 0.15) is 5.82 Å². The van der Waals surface area contributed by atoms with Crippen LogP contribution in [-0.4, -0.2) is 65.2 Å². The van der Waals surface area contributed by atoms with Gasteiger partial charge in [-0.2, -0.15) is 0 Å². The van der Waals surface area contributed by atoms with Crippen LogP contribution in [0.3, 0.4) is 0 Å². The molecule has 2 aliphatic heterocycles. The molecule has 2 aromatic heterocycles. The molecule has 27 heavy (non-hydrogen) atoms. The number of aromatic nitrogens is 3. The zero-order valence-electron chi connectivity index (χ0n) is 15.5. The second-order valence-corrected chi connectivity index (χ2v) is 7.00. The largest absolute Gasteiger partial charge is 0.481 e. The number of nitrogens with one attached hydrogen (secondary N) is 2. The Hall–Kier alpha value is -2.45. The molecule has 0 radical (unpaired) electrons. The third-order valence-corrected chi connectivity index (χ3v) is 5.05. The molecule has 0 aliphatic carbocycles. The van der Waals surface area contributed by atoms with Gasteiger partial charge in [0, 0.05) is 50.5 Å². The lowest BCUT2D eigenvalue weighted by Crippen LogP contribution is -2.42. The Kier molecular flexibility index (Phi) is 5.35. The fourth-order valence-corrected chi connectivity index (χ4v) is 3.55. The van der Waals surface area contributed by atoms with E-state index in [1.807, 2.05) is 12.1 Å². The van der Waals surface area contributed by atoms with E-state index < -0.39 is 0 Å². The fourth-order valence-electron chi connectivity index (χ4n) is 3.55. The lowest BCUT2D eigenvalue weighted by molar-refractivity contribution is -0.123. The molecule has 2 aromatic rings. The third-order valence-electron chi connectivity index (χ3n) is 5.05. The Morgan fingerprint density at radius 2 is 2.41 bits per heavy atom. The maximum Gasteiger partial charge on any atom is 0.234 e. The SMILES string of the molecule is COc1ccc(-c2nc3c([nH]2)CN(CC(=O)NC[C@@H]2CCCO2)CC3)cn1. The van der Waals surface area contributed by atoms with Crippen molar-refractivity contribution in [1.29, 1.82) is 0 Å². The van der Waals surface area contributed by atoms with Crippen LogP contribution in [0, 0.1) is 0 Å². The van der Waals surface area contributed by atoms with E-state index in [9.17, 15) is 4.79 Å². The van der Waals surface area contributed by atoms with Gasteiger partial charge in [-0.15, -0.1) is 0 Å². The molecule has 2 aliphatic rings. The Morgan fingerprint density at radius 1 is 1.48 bits per heavy atom. The molecule has 0 bridgehead atoms. The van der Waals surface area contributed by atoms with Gasteiger partial charge < -0.3 is 19.8 Å². The standard InChI is InChI=1S/C19H25N5O3/c1-26-18-5-4-13(9-21-18)19-22-15-6-7-24(11-16(15)23-19)12-17(25)20-10-14-3-2-8-27-14/h4-5,9,14H,2-3,6-8,10-12H2,1H3,(H,20,25)(H,22,23)/t14-/m0/s1. The topological polar surface area (TPSA) is 92.4 Å². The highest BCUT2D eigenvalue weighted by Crippen LogP contribution is 2.23. The van der Waals surface area contributed by atoms with Crippen molar-refractivity contribution in [3.8, 4) is 17.3 Å². The van der Waals surface area contributed by atoms with Crippen LogP contribution in [0.15, 0.2) is 18.3 Å². The molecule has 0 spiro atoms. The van der Waals surface area contributed by atoms with Gasteiger partial charge in [0.15, 0.2) is 0 Å². The molecular weight excluding hydrogens is 346 g/mol. The van der Waals surface area contributed by atoms with Crippen molar-refractivity contribution in [2.75, 3.05) is 33.4 Å². The number of hydrogen-bond acceptors (Lipinski definition) is 6. The summed E-state index contributed by atoms with van der Waals surface area (Å²) in [7, 11) is 1.60. The Bertz CT molecular complexity index is 783. The van der Waals surface area contributed by atoms with Crippen LogP contribution in [0.2, 0.25) is 0 Å². The van der Waals surface area contributed by atoms with Crippen molar-refractivity contribution in [2.24, 2.45) is 0 Å². The van der Waals surface area contributed by atoms with Crippen molar-refractivity contribution >= 4 is 5.91 Å². The molecule has 0 saturated carbocycles. The third kappa shape index (κ3) is 4.28. The first kappa shape index (κ1) is 17.9. The molecule has 1 saturated heterocycles. The Balaban J connectivity index is 1.33. The summed E-state index contributed by atoms with van der Waals surface area (Å²) in [4.78, 5) is 26.7. The van der Waals surface area contributed by atoms with Gasteiger partial charge in [-0.1, -0.05) is 0 Å². The summed E-state index contributed by atoms with van der Waals surface area (Å²) >= 11 is 0. The van der Waals surface area contributed by atoms with Gasteiger partial charge in [0.25, 0.3) is 0 Å². The maximum atomic E-state index is 12.2. The minimum absolute atomic E-state index is 0.0491. The summed E-state index contributed by atoms with van der Waals surface area (Å²) in [5, 5.41) is 2.99. The highest BCUT2D eigenvalue weighted by molar-refractivity contribution is 5.78. The van der Waals surface area contributed by atoms with E-state index in [0.29, 0.717) is 25.5 Å². The zero-order chi connectivity index (χ0) is 18.6. The average Bonchev–Trinajstić information content (AvgIpc) is 3.36. The van der Waals surface area contributed by atoms with E-state index in [1.54, 1.807) is 13.3 Å². The van der Waals surface area contributed by atoms with E-state index in [4.69, 9.17) is 14.5 Å². The van der Waals surface area contributed by atoms with Crippen molar-refractivity contribution in [2.45, 2.75) is 31.9 Å². The van der Waals surface area contributed by atoms with Crippen molar-refractivity contribution in [1.82, 2.24) is 25.2 Å². The second-order valence-electron chi connectivity index (χ2n) is 7.00. The molecule has 1 fully saturated rings. The van der Waals surface area contributed by atoms with Crippen molar-refractivity contribution < 1.29 is 14.3 Å². The number of methoxy groups -OCH3 is 1. The van der Waals surface area contributed by atoms with Crippen LogP contribution in [0.5, 0.6) is 5.88 Å². The minimum atomic E-state index is 0.0491. The van der Waals surface area contributed by atoms with Crippen LogP contribution < -0.4 is 10.1 Å². The monoisotopic (exact) mass is 371 g/mol. The van der Waals surface area contributed by atoms with Crippen molar-refractivity contribution in [3.05, 3.63) is 29.7 Å². The highest BCUT2D eigenvalue weighted by atomic mass is 16.5. The van der Waals surface area contributed by atoms with E-state index >= 15 is 0 Å². The van der Waals surface area contributed by atoms with Crippen LogP contribution in [-0.2, 0) is 22.5 Å². The van der Waals surface area contributed by atoms with Gasteiger partial charge >= 0.3 is 0 Å². The molecule has 2 N–H and O–H groups in total. The summed E-state index contributed by atoms with van der Waals surface area (Å²) in [5.74, 6) is 1.43. The summed E-state index contributed by atoms with van der Waals surface area (Å²) in [6, 6.07) is 3.76. The Labute approximate surface area is 158 Å². The normalized spacial score (nSPS) is 19.7. The molecule has 144 valence electrons. The van der Waals surface area contributed by atoms with E-state index in [1.165, 1.54) is 0 Å². The predicted molar refractivity (Wildman–Crippen MR) is 99.3 cm³/mol. The molecule has 1 amide bonds. The number of rotatable bonds is 6. The number of carbonyl (C=O) groups is 1. The molecule has 8 heteroatoms. The lowest BCUT2D eigenvalue weighted by Gasteiger charge is -2.25. The maximum absolute atomic E-state index is 12.2. The van der Waals surface area contributed by atoms with E-state index in [2.05, 4.69) is 20.2 Å². The van der Waals surface area contributed by atoms with Gasteiger partial charge in [0.2, 0.25) is 11.8 Å². The first-order valence-corrected chi connectivity index (χ1v) is 9.40. The Morgan fingerprint density at radius 3 is 3.15 bits per heavy atom. The van der Waals surface area contributed by atoms with Crippen LogP contribution in [0.25, 0.3) is 11.4 Å². The number of hydrogen-bond donors (Lipinski definition) is 2. The summed E-state index contributed by atoms with van der Waals surface area (Å²) < 4.78 is 10.6. The second kappa shape index (κ2) is 8.06. The molecular formula is C19H25N5O3. The van der Waals surface area contributed by atoms with Gasteiger partial charge in [-0.05, 0) is 18.9 Å². The van der Waals surface area contributed by atoms with Gasteiger partial charge in [-0.25, -0.2) is 9.97 Å². The number of amides is 1. The predicted octanol–water partition coefficient (Wildman–Crippen LogP) is 1.13. The van der Waals surface area contributed by atoms with Gasteiger partial charge in [0.05, 0.1) is 31.1 Å². The zero-order valence-corrected chi connectivity index (χ0v) is 15.5. The number of H-pyrrole nitrogens is 1. The van der Waals surface area contributed by atoms with E-state index in [-0.39, 0.29) is 12.0 Å². The number of nitrogens with zero attached hydrogens (tertiary/aromatic N) is 3. The number of ether oxygens (including phenoxy) is 2. The number of pyridine rings is 1. The smallest absolute Gasteiger partial charge is 0.234 e. The average molecular weight is 371 g/mol. The summed E-state index contributed by atoms with van der Waals surface area (Å²) in [6.07, 6.45) is 4.87. The first-order chi connectivity index (χ1) is 13.2. The molecule has 8 nitrogen and oxygen atoms in total. The van der Waals surface area contributed by atoms with E-state index in [0.717, 1.165) is 55.2 Å². The van der Waals surface area contributed by atoms with Crippen LogP contribution >= 0.6 is 0 Å². The molecule has 0 aromatic carbocycles. The molecule has 1 atom stereocenters. The van der Waals surface area contributed by atoms with Crippen molar-refractivity contribution in [3.63, 3.8) is 0 Å². The number of imidazole rings is 1. The summed E-state index contributed by atoms with van der Waals surface area (Å²) in [5.41, 5.74) is 3.06. The summed E-state index contributed by atoms with van der Waals surface area (Å²) in [6.45, 7) is 3.33. The van der Waals surface area contributed by atoms with Crippen LogP contribution in [0.1, 0.15) is 24.2 Å². The quantitative estimate of drug-likeness (QED) is 0.791. The van der Waals surface area contributed by atoms with Gasteiger partial charge in [-0.3, -0.25) is 9.69 Å².